The molecule has 3 aromatic rings. The van der Waals surface area contributed by atoms with Crippen LogP contribution < -0.4 is 0 Å². The smallest absolute Gasteiger partial charge is 0.0849 e. The lowest BCUT2D eigenvalue weighted by atomic mass is 10.1. The van der Waals surface area contributed by atoms with Crippen LogP contribution in [0.25, 0.3) is 0 Å². The number of hydrogen-bond acceptors (Lipinski definition) is 3. The van der Waals surface area contributed by atoms with Gasteiger partial charge in [-0.15, -0.1) is 0 Å². The first-order valence-electron chi connectivity index (χ1n) is 9.98. The summed E-state index contributed by atoms with van der Waals surface area (Å²) in [5.74, 6) is 0. The van der Waals surface area contributed by atoms with E-state index in [0.29, 0.717) is 0 Å². The molecule has 0 bridgehead atoms. The lowest BCUT2D eigenvalue weighted by molar-refractivity contribution is 1.22. The van der Waals surface area contributed by atoms with Crippen molar-refractivity contribution in [2.24, 2.45) is 9.98 Å². The monoisotopic (exact) mass is 383 g/mol. The molecular weight excluding hydrogens is 354 g/mol. The van der Waals surface area contributed by atoms with Crippen LogP contribution in [0.2, 0.25) is 0 Å². The molecule has 1 aromatic heterocycles. The average molecular weight is 384 g/mol. The summed E-state index contributed by atoms with van der Waals surface area (Å²) in [4.78, 5) is 14.6. The molecule has 0 spiro atoms. The van der Waals surface area contributed by atoms with Crippen LogP contribution in [0.15, 0.2) is 58.5 Å². The number of pyridine rings is 1. The van der Waals surface area contributed by atoms with Crippen LogP contribution in [0, 0.1) is 34.6 Å². The Labute approximate surface area is 174 Å². The van der Waals surface area contributed by atoms with Gasteiger partial charge in [-0.2, -0.15) is 0 Å². The summed E-state index contributed by atoms with van der Waals surface area (Å²) in [5, 5.41) is 0. The topological polar surface area (TPSA) is 37.6 Å². The van der Waals surface area contributed by atoms with Crippen LogP contribution >= 0.6 is 0 Å². The van der Waals surface area contributed by atoms with Gasteiger partial charge in [-0.3, -0.25) is 9.98 Å². The van der Waals surface area contributed by atoms with Gasteiger partial charge >= 0.3 is 0 Å². The summed E-state index contributed by atoms with van der Waals surface area (Å²) in [6.45, 7) is 14.5. The van der Waals surface area contributed by atoms with Gasteiger partial charge < -0.3 is 0 Å². The molecule has 29 heavy (non-hydrogen) atoms. The number of aromatic nitrogens is 1. The molecule has 148 valence electrons. The molecule has 0 atom stereocenters. The molecule has 0 saturated heterocycles. The number of aryl methyl sites for hydroxylation is 5. The van der Waals surface area contributed by atoms with Crippen LogP contribution in [0.1, 0.15) is 53.1 Å². The van der Waals surface area contributed by atoms with Crippen molar-refractivity contribution in [3.8, 4) is 0 Å². The van der Waals surface area contributed by atoms with E-state index in [2.05, 4.69) is 65.0 Å². The van der Waals surface area contributed by atoms with Gasteiger partial charge in [0.15, 0.2) is 0 Å². The number of nitrogens with zero attached hydrogens (tertiary/aromatic N) is 3. The summed E-state index contributed by atoms with van der Waals surface area (Å²) in [7, 11) is 0. The standard InChI is InChI=1S/C26H29N3/c1-16-11-12-18(3)25(15-16)27-21(6)23-9-8-10-24(29-23)22(7)28-26-19(4)13-17(2)14-20(26)5/h8-15H,1-7H3. The number of hydrogen-bond donors (Lipinski definition) is 0. The van der Waals surface area contributed by atoms with Crippen LogP contribution in [-0.2, 0) is 0 Å². The highest BCUT2D eigenvalue weighted by atomic mass is 14.8. The quantitative estimate of drug-likeness (QED) is 0.451. The van der Waals surface area contributed by atoms with Gasteiger partial charge in [-0.25, -0.2) is 4.98 Å². The molecule has 2 aromatic carbocycles. The maximum absolute atomic E-state index is 4.89. The Morgan fingerprint density at radius 1 is 0.655 bits per heavy atom. The third-order valence-electron chi connectivity index (χ3n) is 5.06. The van der Waals surface area contributed by atoms with Crippen LogP contribution in [0.4, 0.5) is 11.4 Å². The van der Waals surface area contributed by atoms with E-state index in [9.17, 15) is 0 Å². The molecule has 0 N–H and O–H groups in total. The Morgan fingerprint density at radius 2 is 1.24 bits per heavy atom. The molecule has 0 radical (unpaired) electrons. The largest absolute Gasteiger partial charge is 0.251 e. The third kappa shape index (κ3) is 4.86. The van der Waals surface area contributed by atoms with Gasteiger partial charge in [0, 0.05) is 0 Å². The molecule has 0 saturated carbocycles. The zero-order chi connectivity index (χ0) is 21.1. The summed E-state index contributed by atoms with van der Waals surface area (Å²) < 4.78 is 0. The molecule has 1 heterocycles. The zero-order valence-electron chi connectivity index (χ0n) is 18.5. The fourth-order valence-corrected chi connectivity index (χ4v) is 3.49. The van der Waals surface area contributed by atoms with E-state index in [-0.39, 0.29) is 0 Å². The van der Waals surface area contributed by atoms with Crippen molar-refractivity contribution < 1.29 is 0 Å². The maximum atomic E-state index is 4.89. The van der Waals surface area contributed by atoms with Gasteiger partial charge in [0.05, 0.1) is 34.2 Å². The lowest BCUT2D eigenvalue weighted by Crippen LogP contribution is -2.05. The van der Waals surface area contributed by atoms with Gasteiger partial charge in [0.1, 0.15) is 0 Å². The highest BCUT2D eigenvalue weighted by molar-refractivity contribution is 6.02. The highest BCUT2D eigenvalue weighted by Gasteiger charge is 2.08. The minimum absolute atomic E-state index is 0.871. The van der Waals surface area contributed by atoms with Crippen molar-refractivity contribution in [2.75, 3.05) is 0 Å². The van der Waals surface area contributed by atoms with E-state index >= 15 is 0 Å². The molecule has 3 nitrogen and oxygen atoms in total. The summed E-state index contributed by atoms with van der Waals surface area (Å²) >= 11 is 0. The first kappa shape index (κ1) is 20.7. The third-order valence-corrected chi connectivity index (χ3v) is 5.06. The van der Waals surface area contributed by atoms with E-state index in [1.165, 1.54) is 22.3 Å². The van der Waals surface area contributed by atoms with Crippen molar-refractivity contribution in [3.05, 3.63) is 87.7 Å². The first-order chi connectivity index (χ1) is 13.7. The van der Waals surface area contributed by atoms with E-state index in [4.69, 9.17) is 15.0 Å². The van der Waals surface area contributed by atoms with Crippen LogP contribution in [0.3, 0.4) is 0 Å². The SMILES string of the molecule is CC(=Nc1cc(C)ccc1C)c1cccc(C(C)=Nc2c(C)cc(C)cc2C)n1. The minimum atomic E-state index is 0.871. The Kier molecular flexibility index (Phi) is 6.07. The number of rotatable bonds is 4. The summed E-state index contributed by atoms with van der Waals surface area (Å²) in [6, 6.07) is 16.7. The fraction of sp³-hybridized carbons (Fsp3) is 0.269. The van der Waals surface area contributed by atoms with Crippen LogP contribution in [0.5, 0.6) is 0 Å². The Bertz CT molecular complexity index is 1100. The predicted octanol–water partition coefficient (Wildman–Crippen LogP) is 6.91. The van der Waals surface area contributed by atoms with Gasteiger partial charge in [-0.1, -0.05) is 35.9 Å². The number of benzene rings is 2. The van der Waals surface area contributed by atoms with Gasteiger partial charge in [0.2, 0.25) is 0 Å². The Hall–Kier alpha value is -3.07. The second-order valence-electron chi connectivity index (χ2n) is 7.84. The minimum Gasteiger partial charge on any atom is -0.251 e. The molecule has 0 aliphatic heterocycles. The zero-order valence-corrected chi connectivity index (χ0v) is 18.5. The fourth-order valence-electron chi connectivity index (χ4n) is 3.49. The van der Waals surface area contributed by atoms with Crippen molar-refractivity contribution in [2.45, 2.75) is 48.5 Å². The van der Waals surface area contributed by atoms with Crippen molar-refractivity contribution in [1.82, 2.24) is 4.98 Å². The molecule has 3 heteroatoms. The Balaban J connectivity index is 1.97. The molecule has 0 amide bonds. The van der Waals surface area contributed by atoms with E-state index < -0.39 is 0 Å². The molecule has 0 unspecified atom stereocenters. The maximum Gasteiger partial charge on any atom is 0.0849 e. The summed E-state index contributed by atoms with van der Waals surface area (Å²) in [6.07, 6.45) is 0. The van der Waals surface area contributed by atoms with Gasteiger partial charge in [-0.05, 0) is 88.9 Å². The predicted molar refractivity (Wildman–Crippen MR) is 125 cm³/mol. The van der Waals surface area contributed by atoms with Crippen molar-refractivity contribution in [3.63, 3.8) is 0 Å². The normalized spacial score (nSPS) is 12.4. The van der Waals surface area contributed by atoms with Crippen molar-refractivity contribution in [1.29, 1.82) is 0 Å². The summed E-state index contributed by atoms with van der Waals surface area (Å²) in [5.41, 5.74) is 11.6. The number of aliphatic imine (C=N–C) groups is 2. The second-order valence-corrected chi connectivity index (χ2v) is 7.84. The Morgan fingerprint density at radius 3 is 1.86 bits per heavy atom. The molecule has 3 rings (SSSR count). The first-order valence-corrected chi connectivity index (χ1v) is 9.98. The molecule has 0 aliphatic carbocycles. The van der Waals surface area contributed by atoms with Gasteiger partial charge in [0.25, 0.3) is 0 Å². The van der Waals surface area contributed by atoms with Crippen LogP contribution in [-0.4, -0.2) is 16.4 Å². The molecular formula is C26H29N3. The average Bonchev–Trinajstić information content (AvgIpc) is 2.67. The molecule has 0 fully saturated rings. The van der Waals surface area contributed by atoms with E-state index in [1.807, 2.05) is 32.0 Å². The van der Waals surface area contributed by atoms with Crippen molar-refractivity contribution >= 4 is 22.8 Å². The second kappa shape index (κ2) is 8.52. The lowest BCUT2D eigenvalue weighted by Gasteiger charge is -2.09. The molecule has 0 aliphatic rings. The van der Waals surface area contributed by atoms with E-state index in [0.717, 1.165) is 39.7 Å². The highest BCUT2D eigenvalue weighted by Crippen LogP contribution is 2.26. The van der Waals surface area contributed by atoms with E-state index in [1.54, 1.807) is 0 Å².